The number of piperidine rings is 1. The summed E-state index contributed by atoms with van der Waals surface area (Å²) < 4.78 is 40.4. The molecule has 4 heterocycles. The maximum Gasteiger partial charge on any atom is 0.209 e. The maximum absolute atomic E-state index is 15.6. The van der Waals surface area contributed by atoms with Crippen molar-refractivity contribution in [3.63, 3.8) is 0 Å². The first-order valence-corrected chi connectivity index (χ1v) is 20.7. The molecule has 60 heavy (non-hydrogen) atoms. The van der Waals surface area contributed by atoms with Crippen molar-refractivity contribution in [2.24, 2.45) is 4.99 Å². The number of carbonyl (C=O) groups excluding carboxylic acids is 3. The smallest absolute Gasteiger partial charge is 0.209 e. The summed E-state index contributed by atoms with van der Waals surface area (Å²) in [6.07, 6.45) is 6.39. The number of hydrogen-bond acceptors (Lipinski definition) is 8. The summed E-state index contributed by atoms with van der Waals surface area (Å²) in [5.74, 6) is 0.432. The van der Waals surface area contributed by atoms with Crippen LogP contribution < -0.4 is 14.7 Å². The van der Waals surface area contributed by atoms with Gasteiger partial charge in [0.05, 0.1) is 52.8 Å². The van der Waals surface area contributed by atoms with E-state index in [2.05, 4.69) is 56.6 Å². The van der Waals surface area contributed by atoms with E-state index in [0.717, 1.165) is 67.0 Å². The van der Waals surface area contributed by atoms with Crippen LogP contribution in [0.15, 0.2) is 71.9 Å². The average Bonchev–Trinajstić information content (AvgIpc) is 3.50. The number of pyridine rings is 1. The predicted molar refractivity (Wildman–Crippen MR) is 233 cm³/mol. The van der Waals surface area contributed by atoms with Crippen molar-refractivity contribution >= 4 is 59.2 Å². The Labute approximate surface area is 355 Å². The van der Waals surface area contributed by atoms with E-state index < -0.39 is 11.9 Å². The zero-order chi connectivity index (χ0) is 43.1. The first-order valence-electron chi connectivity index (χ1n) is 20.3. The van der Waals surface area contributed by atoms with Gasteiger partial charge in [-0.2, -0.15) is 0 Å². The minimum Gasteiger partial charge on any atom is -0.368 e. The van der Waals surface area contributed by atoms with E-state index in [1.807, 2.05) is 18.2 Å². The Morgan fingerprint density at radius 3 is 2.20 bits per heavy atom. The lowest BCUT2D eigenvalue weighted by molar-refractivity contribution is -0.119. The monoisotopic (exact) mass is 843 g/mol. The molecular formula is C46H53ClF3N7O3. The van der Waals surface area contributed by atoms with E-state index >= 15 is 8.78 Å². The Bertz CT molecular complexity index is 2210. The number of piperazine rings is 1. The molecule has 318 valence electrons. The zero-order valence-electron chi connectivity index (χ0n) is 34.9. The van der Waals surface area contributed by atoms with E-state index in [1.165, 1.54) is 16.5 Å². The second kappa shape index (κ2) is 19.4. The predicted octanol–water partition coefficient (Wildman–Crippen LogP) is 8.68. The van der Waals surface area contributed by atoms with Gasteiger partial charge in [-0.1, -0.05) is 35.9 Å². The zero-order valence-corrected chi connectivity index (χ0v) is 35.6. The van der Waals surface area contributed by atoms with Crippen molar-refractivity contribution in [1.82, 2.24) is 14.8 Å². The van der Waals surface area contributed by atoms with Gasteiger partial charge in [-0.3, -0.25) is 33.8 Å². The standard InChI is InChI=1S/C45H50ClF2N7O3.CH3F/c1-45(2)36-13-10-31(23-43(36)55(44(45)49-3)42-8-5-7-37(46)35(42)28-57)30-14-16-52(17-15-30)27-40-39(48)25-33(26-50-40)54-20-18-53(19-21-54)32-11-12-34(38(47)24-32)41(9-6-22-56)51(4)29-58;1-2/h5,7-8,10-13,22-26,28-30,41H,6,9,14-21,27H2,1-4H3;1H3. The van der Waals surface area contributed by atoms with Gasteiger partial charge < -0.3 is 19.5 Å². The summed E-state index contributed by atoms with van der Waals surface area (Å²) >= 11 is 6.47. The molecule has 1 aromatic heterocycles. The molecule has 0 saturated carbocycles. The van der Waals surface area contributed by atoms with Gasteiger partial charge in [0, 0.05) is 76.0 Å². The third-order valence-electron chi connectivity index (χ3n) is 12.2. The number of carbonyl (C=O) groups is 3. The molecule has 0 radical (unpaired) electrons. The van der Waals surface area contributed by atoms with E-state index in [1.54, 1.807) is 38.5 Å². The van der Waals surface area contributed by atoms with E-state index in [-0.39, 0.29) is 17.7 Å². The number of benzene rings is 3. The number of anilines is 4. The van der Waals surface area contributed by atoms with Gasteiger partial charge in [0.25, 0.3) is 0 Å². The highest BCUT2D eigenvalue weighted by Gasteiger charge is 2.43. The molecule has 2 saturated heterocycles. The lowest BCUT2D eigenvalue weighted by Gasteiger charge is -2.37. The van der Waals surface area contributed by atoms with Crippen LogP contribution in [0.3, 0.4) is 0 Å². The fourth-order valence-corrected chi connectivity index (χ4v) is 9.17. The van der Waals surface area contributed by atoms with Crippen LogP contribution in [0.2, 0.25) is 5.02 Å². The number of aromatic nitrogens is 1. The lowest BCUT2D eigenvalue weighted by Crippen LogP contribution is -2.46. The van der Waals surface area contributed by atoms with Crippen LogP contribution in [0.5, 0.6) is 0 Å². The normalized spacial score (nSPS) is 17.8. The molecular weight excluding hydrogens is 791 g/mol. The summed E-state index contributed by atoms with van der Waals surface area (Å²) in [5, 5.41) is 0.402. The van der Waals surface area contributed by atoms with Crippen molar-refractivity contribution in [3.05, 3.63) is 111 Å². The van der Waals surface area contributed by atoms with Gasteiger partial charge in [0.2, 0.25) is 6.41 Å². The minimum atomic E-state index is -0.520. The number of hydrogen-bond donors (Lipinski definition) is 0. The molecule has 10 nitrogen and oxygen atoms in total. The number of aliphatic imine (C=N–C) groups is 1. The topological polar surface area (TPSA) is 92.7 Å². The third-order valence-corrected chi connectivity index (χ3v) is 12.5. The van der Waals surface area contributed by atoms with Crippen LogP contribution in [-0.2, 0) is 21.5 Å². The number of fused-ring (bicyclic) bond motifs is 1. The van der Waals surface area contributed by atoms with Crippen molar-refractivity contribution < 1.29 is 27.6 Å². The fraction of sp³-hybridized carbons (Fsp3) is 0.413. The van der Waals surface area contributed by atoms with Gasteiger partial charge in [-0.25, -0.2) is 8.78 Å². The molecule has 4 aromatic rings. The van der Waals surface area contributed by atoms with Crippen LogP contribution in [0.4, 0.5) is 35.9 Å². The Balaban J connectivity index is 0.00000297. The van der Waals surface area contributed by atoms with Crippen LogP contribution in [0.25, 0.3) is 0 Å². The summed E-state index contributed by atoms with van der Waals surface area (Å²) in [5.41, 5.74) is 6.42. The van der Waals surface area contributed by atoms with Crippen molar-refractivity contribution in [3.8, 4) is 0 Å². The number of likely N-dealkylation sites (tertiary alicyclic amines) is 1. The summed E-state index contributed by atoms with van der Waals surface area (Å²) in [4.78, 5) is 53.7. The highest BCUT2D eigenvalue weighted by atomic mass is 35.5. The van der Waals surface area contributed by atoms with Crippen molar-refractivity contribution in [2.45, 2.75) is 63.5 Å². The molecule has 0 bridgehead atoms. The fourth-order valence-electron chi connectivity index (χ4n) is 8.96. The molecule has 1 atom stereocenters. The number of halogens is 4. The second-order valence-electron chi connectivity index (χ2n) is 16.0. The molecule has 1 amide bonds. The highest BCUT2D eigenvalue weighted by Crippen LogP contribution is 2.49. The molecule has 14 heteroatoms. The quantitative estimate of drug-likeness (QED) is 0.124. The van der Waals surface area contributed by atoms with Gasteiger partial charge in [0.1, 0.15) is 23.8 Å². The summed E-state index contributed by atoms with van der Waals surface area (Å²) in [7, 11) is 3.87. The van der Waals surface area contributed by atoms with Crippen LogP contribution >= 0.6 is 11.6 Å². The highest BCUT2D eigenvalue weighted by molar-refractivity contribution is 6.34. The number of amidine groups is 1. The van der Waals surface area contributed by atoms with Gasteiger partial charge in [-0.15, -0.1) is 0 Å². The lowest BCUT2D eigenvalue weighted by atomic mass is 9.83. The van der Waals surface area contributed by atoms with Crippen LogP contribution in [-0.4, -0.2) is 100 Å². The molecule has 3 aliphatic heterocycles. The first-order chi connectivity index (χ1) is 29.0. The first kappa shape index (κ1) is 44.3. The van der Waals surface area contributed by atoms with E-state index in [0.29, 0.717) is 86.2 Å². The number of nitrogens with zero attached hydrogens (tertiary/aromatic N) is 7. The van der Waals surface area contributed by atoms with Crippen LogP contribution in [0.1, 0.15) is 84.2 Å². The Morgan fingerprint density at radius 2 is 1.58 bits per heavy atom. The average molecular weight is 844 g/mol. The number of aldehydes is 2. The summed E-state index contributed by atoms with van der Waals surface area (Å²) in [6.45, 7) is 8.82. The molecule has 0 aliphatic carbocycles. The van der Waals surface area contributed by atoms with Gasteiger partial charge in [0.15, 0.2) is 6.29 Å². The number of amides is 1. The molecule has 0 spiro atoms. The van der Waals surface area contributed by atoms with Gasteiger partial charge >= 0.3 is 0 Å². The molecule has 0 N–H and O–H groups in total. The summed E-state index contributed by atoms with van der Waals surface area (Å²) in [6, 6.07) is 18.2. The molecule has 3 aromatic carbocycles. The second-order valence-corrected chi connectivity index (χ2v) is 16.4. The third kappa shape index (κ3) is 8.93. The van der Waals surface area contributed by atoms with E-state index in [9.17, 15) is 18.8 Å². The molecule has 2 fully saturated rings. The SMILES string of the molecule is CF.CN=C1N(c2cccc(Cl)c2C=O)c2cc(C3CCN(Cc4ncc(N5CCN(c6ccc(C(CCC=O)N(C)C=O)c(F)c6)CC5)cc4F)CC3)ccc2C1(C)C. The Kier molecular flexibility index (Phi) is 14.3. The molecule has 1 unspecified atom stereocenters. The van der Waals surface area contributed by atoms with Crippen LogP contribution in [0, 0.1) is 11.6 Å². The molecule has 3 aliphatic rings. The number of alkyl halides is 1. The van der Waals surface area contributed by atoms with Crippen molar-refractivity contribution in [2.75, 3.05) is 75.2 Å². The Hall–Kier alpha value is -5.27. The van der Waals surface area contributed by atoms with E-state index in [4.69, 9.17) is 16.6 Å². The minimum absolute atomic E-state index is 0.228. The number of rotatable bonds is 13. The molecule has 7 rings (SSSR count). The largest absolute Gasteiger partial charge is 0.368 e. The Morgan fingerprint density at radius 1 is 0.900 bits per heavy atom. The van der Waals surface area contributed by atoms with Crippen molar-refractivity contribution in [1.29, 1.82) is 0 Å². The van der Waals surface area contributed by atoms with Gasteiger partial charge in [-0.05, 0) is 93.6 Å². The maximum atomic E-state index is 15.6.